The molecule has 0 saturated heterocycles. The topological polar surface area (TPSA) is 23.5 Å². The molecule has 0 aliphatic rings. The summed E-state index contributed by atoms with van der Waals surface area (Å²) in [5.41, 5.74) is 2.72. The first kappa shape index (κ1) is 13.6. The van der Waals surface area contributed by atoms with Gasteiger partial charge in [-0.25, -0.2) is 4.39 Å². The van der Waals surface area contributed by atoms with E-state index in [2.05, 4.69) is 0 Å². The Bertz CT molecular complexity index is 556. The summed E-state index contributed by atoms with van der Waals surface area (Å²) in [5.74, 6) is -0.269. The molecule has 2 rings (SSSR count). The highest BCUT2D eigenvalue weighted by molar-refractivity contribution is 5.46. The van der Waals surface area contributed by atoms with Crippen LogP contribution in [0.15, 0.2) is 48.5 Å². The molecule has 100 valence electrons. The Morgan fingerprint density at radius 3 is 2.58 bits per heavy atom. The number of hydrogen-bond donors (Lipinski definition) is 1. The summed E-state index contributed by atoms with van der Waals surface area (Å²) in [7, 11) is 1.84. The number of benzene rings is 2. The average molecular weight is 259 g/mol. The monoisotopic (exact) mass is 259 g/mol. The van der Waals surface area contributed by atoms with E-state index in [-0.39, 0.29) is 5.82 Å². The Morgan fingerprint density at radius 1 is 1.16 bits per heavy atom. The maximum atomic E-state index is 13.2. The molecule has 0 amide bonds. The molecule has 1 atom stereocenters. The number of aliphatic hydroxyl groups excluding tert-OH is 1. The molecule has 0 radical (unpaired) electrons. The second-order valence-electron chi connectivity index (χ2n) is 4.73. The van der Waals surface area contributed by atoms with Crippen LogP contribution < -0.4 is 4.90 Å². The Balaban J connectivity index is 2.11. The highest BCUT2D eigenvalue weighted by atomic mass is 19.1. The third kappa shape index (κ3) is 3.32. The van der Waals surface area contributed by atoms with Gasteiger partial charge in [-0.05, 0) is 36.2 Å². The van der Waals surface area contributed by atoms with Crippen LogP contribution in [0.1, 0.15) is 17.2 Å². The third-order valence-electron chi connectivity index (χ3n) is 3.24. The van der Waals surface area contributed by atoms with Crippen molar-refractivity contribution in [2.45, 2.75) is 13.0 Å². The summed E-state index contributed by atoms with van der Waals surface area (Å²) in [6.07, 6.45) is -0.588. The Kier molecular flexibility index (Phi) is 4.17. The van der Waals surface area contributed by atoms with Gasteiger partial charge >= 0.3 is 0 Å². The van der Waals surface area contributed by atoms with Crippen molar-refractivity contribution in [1.82, 2.24) is 0 Å². The summed E-state index contributed by atoms with van der Waals surface area (Å²) < 4.78 is 13.2. The number of hydrogen-bond acceptors (Lipinski definition) is 2. The van der Waals surface area contributed by atoms with Gasteiger partial charge in [0.25, 0.3) is 0 Å². The lowest BCUT2D eigenvalue weighted by molar-refractivity contribution is 0.184. The predicted octanol–water partition coefficient (Wildman–Crippen LogP) is 3.30. The van der Waals surface area contributed by atoms with Crippen molar-refractivity contribution >= 4 is 5.69 Å². The molecular formula is C16H18FNO. The Morgan fingerprint density at radius 2 is 1.89 bits per heavy atom. The van der Waals surface area contributed by atoms with Crippen LogP contribution in [0.4, 0.5) is 10.1 Å². The molecule has 0 aliphatic carbocycles. The maximum Gasteiger partial charge on any atom is 0.125 e. The standard InChI is InChI=1S/C16H18FNO/c1-12-6-3-4-9-15(12)16(19)11-18(2)14-8-5-7-13(17)10-14/h3-10,16,19H,11H2,1-2H3. The number of likely N-dealkylation sites (N-methyl/N-ethyl adjacent to an activating group) is 1. The molecule has 0 bridgehead atoms. The summed E-state index contributed by atoms with van der Waals surface area (Å²) in [6, 6.07) is 14.1. The second kappa shape index (κ2) is 5.85. The SMILES string of the molecule is Cc1ccccc1C(O)CN(C)c1cccc(F)c1. The van der Waals surface area contributed by atoms with Crippen molar-refractivity contribution in [3.05, 3.63) is 65.5 Å². The van der Waals surface area contributed by atoms with E-state index in [0.29, 0.717) is 6.54 Å². The van der Waals surface area contributed by atoms with Crippen molar-refractivity contribution < 1.29 is 9.50 Å². The minimum Gasteiger partial charge on any atom is -0.387 e. The Labute approximate surface area is 113 Å². The summed E-state index contributed by atoms with van der Waals surface area (Å²) >= 11 is 0. The zero-order valence-electron chi connectivity index (χ0n) is 11.2. The van der Waals surface area contributed by atoms with E-state index < -0.39 is 6.10 Å². The molecule has 0 aromatic heterocycles. The summed E-state index contributed by atoms with van der Waals surface area (Å²) in [5, 5.41) is 10.3. The van der Waals surface area contributed by atoms with Gasteiger partial charge in [-0.3, -0.25) is 0 Å². The van der Waals surface area contributed by atoms with Gasteiger partial charge in [0.2, 0.25) is 0 Å². The highest BCUT2D eigenvalue weighted by Crippen LogP contribution is 2.21. The normalized spacial score (nSPS) is 12.2. The molecular weight excluding hydrogens is 241 g/mol. The minimum absolute atomic E-state index is 0.269. The molecule has 19 heavy (non-hydrogen) atoms. The number of aryl methyl sites for hydroxylation is 1. The van der Waals surface area contributed by atoms with Gasteiger partial charge in [0, 0.05) is 19.3 Å². The van der Waals surface area contributed by atoms with Crippen molar-refractivity contribution in [3.8, 4) is 0 Å². The zero-order valence-corrected chi connectivity index (χ0v) is 11.2. The number of aliphatic hydroxyl groups is 1. The molecule has 2 aromatic carbocycles. The van der Waals surface area contributed by atoms with E-state index in [0.717, 1.165) is 16.8 Å². The molecule has 1 N–H and O–H groups in total. The molecule has 0 spiro atoms. The van der Waals surface area contributed by atoms with Crippen LogP contribution in [0, 0.1) is 12.7 Å². The lowest BCUT2D eigenvalue weighted by Crippen LogP contribution is -2.24. The van der Waals surface area contributed by atoms with E-state index in [9.17, 15) is 9.50 Å². The molecule has 0 aliphatic heterocycles. The fourth-order valence-electron chi connectivity index (χ4n) is 2.14. The molecule has 1 unspecified atom stereocenters. The van der Waals surface area contributed by atoms with Gasteiger partial charge in [-0.1, -0.05) is 30.3 Å². The molecule has 2 aromatic rings. The summed E-state index contributed by atoms with van der Waals surface area (Å²) in [6.45, 7) is 2.40. The molecule has 0 saturated carbocycles. The minimum atomic E-state index is -0.588. The van der Waals surface area contributed by atoms with E-state index in [1.54, 1.807) is 6.07 Å². The molecule has 0 heterocycles. The van der Waals surface area contributed by atoms with Crippen LogP contribution in [0.5, 0.6) is 0 Å². The predicted molar refractivity (Wildman–Crippen MR) is 75.8 cm³/mol. The number of nitrogens with zero attached hydrogens (tertiary/aromatic N) is 1. The largest absolute Gasteiger partial charge is 0.387 e. The molecule has 3 heteroatoms. The third-order valence-corrected chi connectivity index (χ3v) is 3.24. The fraction of sp³-hybridized carbons (Fsp3) is 0.250. The Hall–Kier alpha value is -1.87. The van der Waals surface area contributed by atoms with E-state index >= 15 is 0 Å². The van der Waals surface area contributed by atoms with Crippen molar-refractivity contribution in [2.24, 2.45) is 0 Å². The van der Waals surface area contributed by atoms with Gasteiger partial charge in [0.1, 0.15) is 5.82 Å². The van der Waals surface area contributed by atoms with Crippen LogP contribution in [-0.2, 0) is 0 Å². The number of anilines is 1. The lowest BCUT2D eigenvalue weighted by Gasteiger charge is -2.23. The smallest absolute Gasteiger partial charge is 0.125 e. The van der Waals surface area contributed by atoms with Crippen LogP contribution in [0.3, 0.4) is 0 Å². The van der Waals surface area contributed by atoms with Crippen molar-refractivity contribution in [1.29, 1.82) is 0 Å². The van der Waals surface area contributed by atoms with Crippen molar-refractivity contribution in [2.75, 3.05) is 18.5 Å². The molecule has 2 nitrogen and oxygen atoms in total. The van der Waals surface area contributed by atoms with Gasteiger partial charge in [-0.15, -0.1) is 0 Å². The van der Waals surface area contributed by atoms with Crippen LogP contribution in [0.2, 0.25) is 0 Å². The van der Waals surface area contributed by atoms with Crippen LogP contribution in [-0.4, -0.2) is 18.7 Å². The fourth-order valence-corrected chi connectivity index (χ4v) is 2.14. The van der Waals surface area contributed by atoms with E-state index in [4.69, 9.17) is 0 Å². The van der Waals surface area contributed by atoms with Gasteiger partial charge < -0.3 is 10.0 Å². The highest BCUT2D eigenvalue weighted by Gasteiger charge is 2.13. The second-order valence-corrected chi connectivity index (χ2v) is 4.73. The zero-order chi connectivity index (χ0) is 13.8. The van der Waals surface area contributed by atoms with Gasteiger partial charge in [0.05, 0.1) is 6.10 Å². The number of halogens is 1. The molecule has 0 fully saturated rings. The summed E-state index contributed by atoms with van der Waals surface area (Å²) in [4.78, 5) is 1.85. The van der Waals surface area contributed by atoms with Crippen LogP contribution >= 0.6 is 0 Å². The van der Waals surface area contributed by atoms with Crippen molar-refractivity contribution in [3.63, 3.8) is 0 Å². The van der Waals surface area contributed by atoms with E-state index in [1.165, 1.54) is 12.1 Å². The first-order valence-corrected chi connectivity index (χ1v) is 6.28. The lowest BCUT2D eigenvalue weighted by atomic mass is 10.0. The van der Waals surface area contributed by atoms with E-state index in [1.807, 2.05) is 49.2 Å². The maximum absolute atomic E-state index is 13.2. The first-order valence-electron chi connectivity index (χ1n) is 6.28. The average Bonchev–Trinajstić information content (AvgIpc) is 2.39. The number of rotatable bonds is 4. The van der Waals surface area contributed by atoms with Gasteiger partial charge in [0.15, 0.2) is 0 Å². The first-order chi connectivity index (χ1) is 9.08. The van der Waals surface area contributed by atoms with Gasteiger partial charge in [-0.2, -0.15) is 0 Å². The van der Waals surface area contributed by atoms with Crippen LogP contribution in [0.25, 0.3) is 0 Å². The quantitative estimate of drug-likeness (QED) is 0.910.